The summed E-state index contributed by atoms with van der Waals surface area (Å²) >= 11 is 0. The van der Waals surface area contributed by atoms with Crippen LogP contribution in [0.4, 0.5) is 0 Å². The van der Waals surface area contributed by atoms with E-state index in [1.165, 1.54) is 0 Å². The molecule has 0 bridgehead atoms. The summed E-state index contributed by atoms with van der Waals surface area (Å²) in [5, 5.41) is 0. The second kappa shape index (κ2) is 3.47. The van der Waals surface area contributed by atoms with Crippen molar-refractivity contribution >= 4 is 6.21 Å². The highest BCUT2D eigenvalue weighted by Gasteiger charge is 2.04. The van der Waals surface area contributed by atoms with Gasteiger partial charge >= 0.3 is 0 Å². The minimum atomic E-state index is 0.888. The molecule has 0 amide bonds. The molecule has 1 aromatic heterocycles. The number of hydrogen-bond donors (Lipinski definition) is 0. The van der Waals surface area contributed by atoms with Crippen LogP contribution in [-0.2, 0) is 6.42 Å². The molecule has 66 valence electrons. The van der Waals surface area contributed by atoms with E-state index in [2.05, 4.69) is 28.0 Å². The van der Waals surface area contributed by atoms with Crippen LogP contribution in [-0.4, -0.2) is 16.2 Å². The molecule has 0 saturated heterocycles. The summed E-state index contributed by atoms with van der Waals surface area (Å²) in [7, 11) is 0. The third-order valence-electron chi connectivity index (χ3n) is 2.10. The number of hydrogen-bond acceptors (Lipinski definition) is 3. The van der Waals surface area contributed by atoms with Crippen molar-refractivity contribution in [2.75, 3.05) is 0 Å². The molecular weight excluding hydrogens is 162 g/mol. The van der Waals surface area contributed by atoms with Gasteiger partial charge in [0, 0.05) is 17.5 Å². The molecule has 2 rings (SSSR count). The Morgan fingerprint density at radius 3 is 3.23 bits per heavy atom. The zero-order chi connectivity index (χ0) is 9.10. The predicted molar refractivity (Wildman–Crippen MR) is 51.7 cm³/mol. The highest BCUT2D eigenvalue weighted by Crippen LogP contribution is 2.12. The standard InChI is InChI=1S/C10H11N3/c1-2-9-4-3-8-5-11-7-13-10(8)6-12-9/h4-7H,2-3H2,1H3. The van der Waals surface area contributed by atoms with E-state index in [1.54, 1.807) is 6.33 Å². The Kier molecular flexibility index (Phi) is 2.17. The quantitative estimate of drug-likeness (QED) is 0.648. The van der Waals surface area contributed by atoms with Crippen LogP contribution in [0.3, 0.4) is 0 Å². The van der Waals surface area contributed by atoms with E-state index >= 15 is 0 Å². The third kappa shape index (κ3) is 1.64. The van der Waals surface area contributed by atoms with Gasteiger partial charge in [0.2, 0.25) is 0 Å². The molecule has 0 unspecified atom stereocenters. The zero-order valence-electron chi connectivity index (χ0n) is 7.57. The van der Waals surface area contributed by atoms with Crippen molar-refractivity contribution in [3.05, 3.63) is 35.6 Å². The fourth-order valence-electron chi connectivity index (χ4n) is 1.30. The fraction of sp³-hybridized carbons (Fsp3) is 0.300. The van der Waals surface area contributed by atoms with Crippen LogP contribution in [0.1, 0.15) is 24.6 Å². The maximum atomic E-state index is 4.33. The second-order valence-electron chi connectivity index (χ2n) is 2.94. The van der Waals surface area contributed by atoms with Gasteiger partial charge in [0.05, 0.1) is 11.9 Å². The monoisotopic (exact) mass is 173 g/mol. The Bertz CT molecular complexity index is 366. The van der Waals surface area contributed by atoms with Crippen LogP contribution < -0.4 is 0 Å². The highest BCUT2D eigenvalue weighted by molar-refractivity contribution is 5.80. The van der Waals surface area contributed by atoms with Gasteiger partial charge in [-0.1, -0.05) is 13.0 Å². The van der Waals surface area contributed by atoms with Gasteiger partial charge in [0.15, 0.2) is 0 Å². The largest absolute Gasteiger partial charge is 0.259 e. The molecule has 0 aromatic carbocycles. The second-order valence-corrected chi connectivity index (χ2v) is 2.94. The molecule has 0 atom stereocenters. The normalized spacial score (nSPS) is 14.7. The Labute approximate surface area is 77.3 Å². The molecule has 3 heteroatoms. The molecule has 2 heterocycles. The first kappa shape index (κ1) is 8.10. The van der Waals surface area contributed by atoms with Crippen molar-refractivity contribution in [3.8, 4) is 0 Å². The van der Waals surface area contributed by atoms with E-state index in [4.69, 9.17) is 0 Å². The van der Waals surface area contributed by atoms with E-state index < -0.39 is 0 Å². The summed E-state index contributed by atoms with van der Waals surface area (Å²) in [5.41, 5.74) is 3.21. The molecule has 3 nitrogen and oxygen atoms in total. The number of aromatic nitrogens is 2. The average Bonchev–Trinajstić information content (AvgIpc) is 2.39. The summed E-state index contributed by atoms with van der Waals surface area (Å²) in [5.74, 6) is 0. The zero-order valence-corrected chi connectivity index (χ0v) is 7.57. The van der Waals surface area contributed by atoms with Crippen molar-refractivity contribution in [1.29, 1.82) is 0 Å². The van der Waals surface area contributed by atoms with Gasteiger partial charge in [0.25, 0.3) is 0 Å². The number of rotatable bonds is 1. The summed E-state index contributed by atoms with van der Waals surface area (Å²) in [6, 6.07) is 0. The number of allylic oxidation sites excluding steroid dienone is 2. The lowest BCUT2D eigenvalue weighted by Crippen LogP contribution is -1.94. The molecule has 1 aliphatic rings. The maximum Gasteiger partial charge on any atom is 0.116 e. The van der Waals surface area contributed by atoms with Gasteiger partial charge in [0.1, 0.15) is 6.33 Å². The van der Waals surface area contributed by atoms with Crippen LogP contribution >= 0.6 is 0 Å². The predicted octanol–water partition coefficient (Wildman–Crippen LogP) is 1.75. The average molecular weight is 173 g/mol. The molecule has 0 saturated carbocycles. The summed E-state index contributed by atoms with van der Waals surface area (Å²) < 4.78 is 0. The van der Waals surface area contributed by atoms with E-state index in [0.717, 1.165) is 29.8 Å². The summed E-state index contributed by atoms with van der Waals surface area (Å²) in [6.45, 7) is 2.10. The number of fused-ring (bicyclic) bond motifs is 1. The summed E-state index contributed by atoms with van der Waals surface area (Å²) in [4.78, 5) is 12.5. The Hall–Kier alpha value is -1.51. The SMILES string of the molecule is CCC1=CCc2cncnc2C=N1. The van der Waals surface area contributed by atoms with E-state index in [1.807, 2.05) is 12.4 Å². The topological polar surface area (TPSA) is 38.1 Å². The van der Waals surface area contributed by atoms with E-state index in [9.17, 15) is 0 Å². The van der Waals surface area contributed by atoms with Crippen LogP contribution in [0.15, 0.2) is 29.3 Å². The van der Waals surface area contributed by atoms with Crippen LogP contribution in [0.2, 0.25) is 0 Å². The van der Waals surface area contributed by atoms with Crippen molar-refractivity contribution < 1.29 is 0 Å². The van der Waals surface area contributed by atoms with Gasteiger partial charge in [-0.2, -0.15) is 0 Å². The Balaban J connectivity index is 2.39. The summed E-state index contributed by atoms with van der Waals surface area (Å²) in [6.07, 6.45) is 9.22. The lowest BCUT2D eigenvalue weighted by molar-refractivity contribution is 1.04. The molecule has 0 radical (unpaired) electrons. The van der Waals surface area contributed by atoms with Gasteiger partial charge in [-0.25, -0.2) is 9.97 Å². The minimum Gasteiger partial charge on any atom is -0.259 e. The minimum absolute atomic E-state index is 0.888. The Morgan fingerprint density at radius 2 is 2.38 bits per heavy atom. The fourth-order valence-corrected chi connectivity index (χ4v) is 1.30. The maximum absolute atomic E-state index is 4.33. The molecule has 0 N–H and O–H groups in total. The molecular formula is C10H11N3. The molecule has 1 aromatic rings. The van der Waals surface area contributed by atoms with Crippen molar-refractivity contribution in [3.63, 3.8) is 0 Å². The highest BCUT2D eigenvalue weighted by atomic mass is 14.8. The first-order valence-electron chi connectivity index (χ1n) is 4.42. The van der Waals surface area contributed by atoms with Crippen LogP contribution in [0.25, 0.3) is 0 Å². The number of aliphatic imine (C=N–C) groups is 1. The van der Waals surface area contributed by atoms with Crippen molar-refractivity contribution in [2.24, 2.45) is 4.99 Å². The lowest BCUT2D eigenvalue weighted by Gasteiger charge is -1.96. The smallest absolute Gasteiger partial charge is 0.116 e. The number of nitrogens with zero attached hydrogens (tertiary/aromatic N) is 3. The van der Waals surface area contributed by atoms with E-state index in [-0.39, 0.29) is 0 Å². The lowest BCUT2D eigenvalue weighted by atomic mass is 10.1. The first-order valence-corrected chi connectivity index (χ1v) is 4.42. The van der Waals surface area contributed by atoms with Gasteiger partial charge in [-0.3, -0.25) is 4.99 Å². The Morgan fingerprint density at radius 1 is 1.46 bits per heavy atom. The molecule has 0 fully saturated rings. The first-order chi connectivity index (χ1) is 6.40. The molecule has 0 spiro atoms. The van der Waals surface area contributed by atoms with Gasteiger partial charge in [-0.15, -0.1) is 0 Å². The third-order valence-corrected chi connectivity index (χ3v) is 2.10. The molecule has 13 heavy (non-hydrogen) atoms. The van der Waals surface area contributed by atoms with Gasteiger partial charge in [-0.05, 0) is 12.8 Å². The van der Waals surface area contributed by atoms with Crippen molar-refractivity contribution in [2.45, 2.75) is 19.8 Å². The van der Waals surface area contributed by atoms with Crippen LogP contribution in [0, 0.1) is 0 Å². The van der Waals surface area contributed by atoms with Crippen LogP contribution in [0.5, 0.6) is 0 Å². The van der Waals surface area contributed by atoms with Crippen molar-refractivity contribution in [1.82, 2.24) is 9.97 Å². The molecule has 0 aliphatic carbocycles. The molecule has 1 aliphatic heterocycles. The van der Waals surface area contributed by atoms with E-state index in [0.29, 0.717) is 0 Å². The van der Waals surface area contributed by atoms with Gasteiger partial charge < -0.3 is 0 Å².